The third kappa shape index (κ3) is 3.71. The molecular weight excluding hydrogens is 300 g/mol. The van der Waals surface area contributed by atoms with Crippen LogP contribution in [0.3, 0.4) is 0 Å². The number of hydrogen-bond donors (Lipinski definition) is 0. The van der Waals surface area contributed by atoms with E-state index in [0.717, 1.165) is 11.1 Å². The highest BCUT2D eigenvalue weighted by molar-refractivity contribution is 6.05. The quantitative estimate of drug-likeness (QED) is 0.767. The summed E-state index contributed by atoms with van der Waals surface area (Å²) in [4.78, 5) is 28.3. The van der Waals surface area contributed by atoms with E-state index in [9.17, 15) is 9.59 Å². The molecule has 2 amide bonds. The van der Waals surface area contributed by atoms with E-state index in [1.807, 2.05) is 72.6 Å². The molecule has 4 heteroatoms. The van der Waals surface area contributed by atoms with Gasteiger partial charge in [-0.15, -0.1) is 0 Å². The molecule has 2 aromatic rings. The smallest absolute Gasteiger partial charge is 0.247 e. The van der Waals surface area contributed by atoms with Crippen molar-refractivity contribution in [3.63, 3.8) is 0 Å². The maximum Gasteiger partial charge on any atom is 0.247 e. The van der Waals surface area contributed by atoms with Crippen LogP contribution in [0.2, 0.25) is 0 Å². The van der Waals surface area contributed by atoms with Gasteiger partial charge in [-0.3, -0.25) is 19.4 Å². The number of benzene rings is 2. The zero-order chi connectivity index (χ0) is 16.9. The van der Waals surface area contributed by atoms with Crippen LogP contribution in [0, 0.1) is 0 Å². The summed E-state index contributed by atoms with van der Waals surface area (Å²) in [6.45, 7) is 1.12. The van der Waals surface area contributed by atoms with Crippen LogP contribution in [0.25, 0.3) is 0 Å². The highest BCUT2D eigenvalue weighted by atomic mass is 16.2. The third-order valence-electron chi connectivity index (χ3n) is 4.49. The molecule has 0 spiro atoms. The molecule has 1 atom stereocenters. The number of hydrogen-bond acceptors (Lipinski definition) is 3. The topological polar surface area (TPSA) is 40.6 Å². The number of carbonyl (C=O) groups is 2. The Kier molecular flexibility index (Phi) is 5.06. The predicted molar refractivity (Wildman–Crippen MR) is 93.2 cm³/mol. The standard InChI is InChI=1S/C20H22N2O2/c1-21(15-17-10-6-3-7-11-17)18-14-19(23)22(20(18)24)13-12-16-8-4-2-5-9-16/h2-11,18H,12-15H2,1H3/t18-/m0/s1. The van der Waals surface area contributed by atoms with Gasteiger partial charge in [0.05, 0.1) is 12.5 Å². The maximum absolute atomic E-state index is 12.6. The van der Waals surface area contributed by atoms with E-state index in [4.69, 9.17) is 0 Å². The Hall–Kier alpha value is -2.46. The van der Waals surface area contributed by atoms with Crippen molar-refractivity contribution in [1.29, 1.82) is 0 Å². The molecule has 24 heavy (non-hydrogen) atoms. The van der Waals surface area contributed by atoms with E-state index in [-0.39, 0.29) is 24.3 Å². The Balaban J connectivity index is 1.61. The predicted octanol–water partition coefficient (Wildman–Crippen LogP) is 2.49. The maximum atomic E-state index is 12.6. The molecule has 0 aromatic heterocycles. The molecule has 4 nitrogen and oxygen atoms in total. The highest BCUT2D eigenvalue weighted by Crippen LogP contribution is 2.20. The molecule has 0 unspecified atom stereocenters. The van der Waals surface area contributed by atoms with Crippen molar-refractivity contribution in [3.8, 4) is 0 Å². The van der Waals surface area contributed by atoms with E-state index in [0.29, 0.717) is 19.5 Å². The molecule has 0 N–H and O–H groups in total. The Bertz CT molecular complexity index is 700. The van der Waals surface area contributed by atoms with Gasteiger partial charge in [0.2, 0.25) is 11.8 Å². The Labute approximate surface area is 142 Å². The Morgan fingerprint density at radius 1 is 0.958 bits per heavy atom. The zero-order valence-electron chi connectivity index (χ0n) is 13.9. The van der Waals surface area contributed by atoms with Crippen molar-refractivity contribution in [3.05, 3.63) is 71.8 Å². The van der Waals surface area contributed by atoms with E-state index in [1.165, 1.54) is 4.90 Å². The fourth-order valence-corrected chi connectivity index (χ4v) is 3.11. The van der Waals surface area contributed by atoms with Crippen molar-refractivity contribution in [2.75, 3.05) is 13.6 Å². The molecule has 1 saturated heterocycles. The van der Waals surface area contributed by atoms with Crippen molar-refractivity contribution in [2.24, 2.45) is 0 Å². The summed E-state index contributed by atoms with van der Waals surface area (Å²) in [5, 5.41) is 0. The lowest BCUT2D eigenvalue weighted by molar-refractivity contribution is -0.139. The summed E-state index contributed by atoms with van der Waals surface area (Å²) in [6, 6.07) is 19.6. The highest BCUT2D eigenvalue weighted by Gasteiger charge is 2.40. The fourth-order valence-electron chi connectivity index (χ4n) is 3.11. The Morgan fingerprint density at radius 3 is 2.17 bits per heavy atom. The second kappa shape index (κ2) is 7.41. The van der Waals surface area contributed by atoms with Crippen LogP contribution >= 0.6 is 0 Å². The number of likely N-dealkylation sites (tertiary alicyclic amines) is 1. The molecule has 0 aliphatic carbocycles. The van der Waals surface area contributed by atoms with Gasteiger partial charge in [0.25, 0.3) is 0 Å². The molecule has 1 aliphatic rings. The van der Waals surface area contributed by atoms with Crippen LogP contribution in [-0.4, -0.2) is 41.2 Å². The molecule has 3 rings (SSSR count). The summed E-state index contributed by atoms with van der Waals surface area (Å²) in [5.41, 5.74) is 2.28. The summed E-state index contributed by atoms with van der Waals surface area (Å²) in [6.07, 6.45) is 0.977. The number of nitrogens with zero attached hydrogens (tertiary/aromatic N) is 2. The number of rotatable bonds is 6. The molecular formula is C20H22N2O2. The molecule has 0 radical (unpaired) electrons. The molecule has 0 saturated carbocycles. The van der Waals surface area contributed by atoms with Crippen LogP contribution < -0.4 is 0 Å². The average molecular weight is 322 g/mol. The molecule has 0 bridgehead atoms. The van der Waals surface area contributed by atoms with Gasteiger partial charge >= 0.3 is 0 Å². The summed E-state index contributed by atoms with van der Waals surface area (Å²) in [5.74, 6) is -0.143. The van der Waals surface area contributed by atoms with Crippen molar-refractivity contribution in [2.45, 2.75) is 25.4 Å². The first-order valence-electron chi connectivity index (χ1n) is 8.27. The van der Waals surface area contributed by atoms with E-state index >= 15 is 0 Å². The summed E-state index contributed by atoms with van der Waals surface area (Å²) >= 11 is 0. The average Bonchev–Trinajstić information content (AvgIpc) is 2.89. The van der Waals surface area contributed by atoms with Crippen LogP contribution in [0.5, 0.6) is 0 Å². The Morgan fingerprint density at radius 2 is 1.54 bits per heavy atom. The lowest BCUT2D eigenvalue weighted by atomic mass is 10.1. The number of likely N-dealkylation sites (N-methyl/N-ethyl adjacent to an activating group) is 1. The lowest BCUT2D eigenvalue weighted by Crippen LogP contribution is -2.40. The first-order chi connectivity index (χ1) is 11.6. The largest absolute Gasteiger partial charge is 0.290 e. The fraction of sp³-hybridized carbons (Fsp3) is 0.300. The second-order valence-corrected chi connectivity index (χ2v) is 6.24. The van der Waals surface area contributed by atoms with Gasteiger partial charge in [0, 0.05) is 13.1 Å². The zero-order valence-corrected chi connectivity index (χ0v) is 13.9. The summed E-state index contributed by atoms with van der Waals surface area (Å²) < 4.78 is 0. The normalized spacial score (nSPS) is 17.8. The van der Waals surface area contributed by atoms with Crippen LogP contribution in [0.15, 0.2) is 60.7 Å². The monoisotopic (exact) mass is 322 g/mol. The van der Waals surface area contributed by atoms with E-state index in [2.05, 4.69) is 0 Å². The van der Waals surface area contributed by atoms with Crippen molar-refractivity contribution >= 4 is 11.8 Å². The lowest BCUT2D eigenvalue weighted by Gasteiger charge is -2.23. The van der Waals surface area contributed by atoms with Crippen LogP contribution in [-0.2, 0) is 22.6 Å². The van der Waals surface area contributed by atoms with Gasteiger partial charge in [-0.05, 0) is 24.6 Å². The van der Waals surface area contributed by atoms with Gasteiger partial charge in [-0.2, -0.15) is 0 Å². The van der Waals surface area contributed by atoms with Gasteiger partial charge in [-0.25, -0.2) is 0 Å². The molecule has 1 heterocycles. The van der Waals surface area contributed by atoms with Gasteiger partial charge in [0.1, 0.15) is 0 Å². The third-order valence-corrected chi connectivity index (χ3v) is 4.49. The van der Waals surface area contributed by atoms with Crippen molar-refractivity contribution in [1.82, 2.24) is 9.80 Å². The van der Waals surface area contributed by atoms with Gasteiger partial charge in [0.15, 0.2) is 0 Å². The molecule has 1 aliphatic heterocycles. The number of imide groups is 1. The molecule has 2 aromatic carbocycles. The van der Waals surface area contributed by atoms with Crippen molar-refractivity contribution < 1.29 is 9.59 Å². The number of carbonyl (C=O) groups excluding carboxylic acids is 2. The first-order valence-corrected chi connectivity index (χ1v) is 8.27. The number of amides is 2. The molecule has 1 fully saturated rings. The van der Waals surface area contributed by atoms with Crippen LogP contribution in [0.1, 0.15) is 17.5 Å². The van der Waals surface area contributed by atoms with Gasteiger partial charge < -0.3 is 0 Å². The van der Waals surface area contributed by atoms with E-state index in [1.54, 1.807) is 0 Å². The minimum absolute atomic E-state index is 0.0687. The SMILES string of the molecule is CN(Cc1ccccc1)[C@H]1CC(=O)N(CCc2ccccc2)C1=O. The van der Waals surface area contributed by atoms with Crippen LogP contribution in [0.4, 0.5) is 0 Å². The minimum Gasteiger partial charge on any atom is -0.290 e. The van der Waals surface area contributed by atoms with E-state index < -0.39 is 0 Å². The summed E-state index contributed by atoms with van der Waals surface area (Å²) in [7, 11) is 1.91. The van der Waals surface area contributed by atoms with Gasteiger partial charge in [-0.1, -0.05) is 60.7 Å². The first kappa shape index (κ1) is 16.4. The second-order valence-electron chi connectivity index (χ2n) is 6.24. The molecule has 124 valence electrons. The minimum atomic E-state index is -0.353.